The number of benzene rings is 1. The Labute approximate surface area is 213 Å². The number of nitrogens with one attached hydrogen (secondary N) is 1. The molecule has 12 heteroatoms. The number of hydrogen-bond acceptors (Lipinski definition) is 8. The Morgan fingerprint density at radius 2 is 1.97 bits per heavy atom. The summed E-state index contributed by atoms with van der Waals surface area (Å²) in [6.45, 7) is 1.70. The van der Waals surface area contributed by atoms with Gasteiger partial charge in [0.25, 0.3) is 5.91 Å². The summed E-state index contributed by atoms with van der Waals surface area (Å²) in [6.07, 6.45) is 1.02. The van der Waals surface area contributed by atoms with Gasteiger partial charge in [-0.3, -0.25) is 4.79 Å². The molecular weight excluding hydrogens is 505 g/mol. The molecule has 1 N–H and O–H groups in total. The van der Waals surface area contributed by atoms with E-state index in [1.807, 2.05) is 6.07 Å². The lowest BCUT2D eigenvalue weighted by Gasteiger charge is -2.18. The van der Waals surface area contributed by atoms with Crippen LogP contribution in [0.25, 0.3) is 10.6 Å². The number of carbonyl (C=O) groups excluding carboxylic acids is 1. The summed E-state index contributed by atoms with van der Waals surface area (Å²) < 4.78 is 42.9. The van der Waals surface area contributed by atoms with E-state index in [9.17, 15) is 28.5 Å². The molecular formula is C25H19F3N6O2S. The maximum Gasteiger partial charge on any atom is 0.573 e. The summed E-state index contributed by atoms with van der Waals surface area (Å²) in [4.78, 5) is 27.0. The fraction of sp³-hybridized carbons (Fsp3) is 0.360. The third-order valence-electron chi connectivity index (χ3n) is 6.30. The van der Waals surface area contributed by atoms with Crippen LogP contribution in [0.5, 0.6) is 5.75 Å². The van der Waals surface area contributed by atoms with Crippen LogP contribution >= 0.6 is 11.3 Å². The van der Waals surface area contributed by atoms with Gasteiger partial charge in [0.15, 0.2) is 0 Å². The van der Waals surface area contributed by atoms with Crippen LogP contribution < -0.4 is 10.1 Å². The minimum atomic E-state index is -4.95. The molecule has 5 rings (SSSR count). The predicted octanol–water partition coefficient (Wildman–Crippen LogP) is 5.29. The molecule has 2 aliphatic carbocycles. The molecule has 2 saturated carbocycles. The number of nitriles is 2. The van der Waals surface area contributed by atoms with Crippen molar-refractivity contribution >= 4 is 17.2 Å². The van der Waals surface area contributed by atoms with Gasteiger partial charge in [-0.15, -0.1) is 24.5 Å². The molecule has 0 bridgehead atoms. The second kappa shape index (κ2) is 9.12. The van der Waals surface area contributed by atoms with Crippen LogP contribution in [0.4, 0.5) is 13.2 Å². The Morgan fingerprint density at radius 1 is 1.22 bits per heavy atom. The fourth-order valence-corrected chi connectivity index (χ4v) is 4.76. The zero-order valence-corrected chi connectivity index (χ0v) is 20.3. The Kier molecular flexibility index (Phi) is 6.08. The van der Waals surface area contributed by atoms with E-state index in [1.165, 1.54) is 23.6 Å². The summed E-state index contributed by atoms with van der Waals surface area (Å²) in [7, 11) is 0. The van der Waals surface area contributed by atoms with Crippen LogP contribution in [0, 0.1) is 22.7 Å². The van der Waals surface area contributed by atoms with Gasteiger partial charge >= 0.3 is 6.36 Å². The Morgan fingerprint density at radius 3 is 2.57 bits per heavy atom. The van der Waals surface area contributed by atoms with Crippen LogP contribution in [0.15, 0.2) is 30.6 Å². The molecule has 188 valence electrons. The zero-order valence-electron chi connectivity index (χ0n) is 19.5. The average molecular weight is 525 g/mol. The number of carbonyl (C=O) groups is 1. The highest BCUT2D eigenvalue weighted by molar-refractivity contribution is 7.15. The number of thiazole rings is 1. The number of aromatic nitrogens is 3. The van der Waals surface area contributed by atoms with Crippen molar-refractivity contribution in [2.45, 2.75) is 56.3 Å². The summed E-state index contributed by atoms with van der Waals surface area (Å²) in [5.74, 6) is -0.329. The first kappa shape index (κ1) is 24.7. The molecule has 0 unspecified atom stereocenters. The van der Waals surface area contributed by atoms with Crippen LogP contribution in [-0.2, 0) is 5.41 Å². The van der Waals surface area contributed by atoms with Gasteiger partial charge in [-0.25, -0.2) is 15.0 Å². The molecule has 1 amide bonds. The van der Waals surface area contributed by atoms with Crippen molar-refractivity contribution in [1.82, 2.24) is 20.3 Å². The van der Waals surface area contributed by atoms with E-state index < -0.39 is 29.5 Å². The molecule has 0 spiro atoms. The van der Waals surface area contributed by atoms with Gasteiger partial charge in [-0.2, -0.15) is 10.5 Å². The van der Waals surface area contributed by atoms with Gasteiger partial charge in [-0.05, 0) is 56.4 Å². The highest BCUT2D eigenvalue weighted by Gasteiger charge is 2.46. The van der Waals surface area contributed by atoms with Crippen molar-refractivity contribution in [2.75, 3.05) is 0 Å². The van der Waals surface area contributed by atoms with E-state index in [0.717, 1.165) is 25.0 Å². The SMILES string of the molecule is C[C@H](NC(=O)c1cc(OC(F)(F)F)cc(C2(C#N)CC2)c1)c1nc(C2CC2)ncc1-c1ncc(C#N)s1. The van der Waals surface area contributed by atoms with Crippen molar-refractivity contribution in [2.24, 2.45) is 0 Å². The lowest BCUT2D eigenvalue weighted by Crippen LogP contribution is -2.28. The number of nitrogens with zero attached hydrogens (tertiary/aromatic N) is 5. The Bertz CT molecular complexity index is 1460. The van der Waals surface area contributed by atoms with Gasteiger partial charge in [0.1, 0.15) is 27.5 Å². The van der Waals surface area contributed by atoms with Crippen LogP contribution in [-0.4, -0.2) is 27.2 Å². The second-order valence-corrected chi connectivity index (χ2v) is 10.2. The third kappa shape index (κ3) is 5.25. The van der Waals surface area contributed by atoms with E-state index in [2.05, 4.69) is 31.1 Å². The Balaban J connectivity index is 1.47. The van der Waals surface area contributed by atoms with Crippen molar-refractivity contribution in [3.63, 3.8) is 0 Å². The number of alkyl halides is 3. The standard InChI is InChI=1S/C25H19F3N6O2S/c1-13(20-19(23-32-10-18(9-29)37-23)11-31-21(34-20)14-2-3-14)33-22(35)15-6-16(24(12-30)4-5-24)8-17(7-15)36-25(26,27)28/h6-8,10-11,13-14H,2-5H2,1H3,(H,33,35)/t13-/m0/s1. The van der Waals surface area contributed by atoms with E-state index in [-0.39, 0.29) is 11.5 Å². The van der Waals surface area contributed by atoms with Crippen molar-refractivity contribution in [1.29, 1.82) is 10.5 Å². The van der Waals surface area contributed by atoms with E-state index in [0.29, 0.717) is 45.4 Å². The highest BCUT2D eigenvalue weighted by atomic mass is 32.1. The van der Waals surface area contributed by atoms with Gasteiger partial charge in [-0.1, -0.05) is 0 Å². The quantitative estimate of drug-likeness (QED) is 0.445. The second-order valence-electron chi connectivity index (χ2n) is 9.13. The molecule has 3 aromatic rings. The van der Waals surface area contributed by atoms with E-state index >= 15 is 0 Å². The van der Waals surface area contributed by atoms with Gasteiger partial charge in [0, 0.05) is 17.7 Å². The van der Waals surface area contributed by atoms with Crippen LogP contribution in [0.2, 0.25) is 0 Å². The molecule has 0 aliphatic heterocycles. The Hall–Kier alpha value is -4.03. The van der Waals surface area contributed by atoms with Gasteiger partial charge < -0.3 is 10.1 Å². The van der Waals surface area contributed by atoms with Crippen molar-refractivity contribution < 1.29 is 22.7 Å². The lowest BCUT2D eigenvalue weighted by molar-refractivity contribution is -0.274. The summed E-state index contributed by atoms with van der Waals surface area (Å²) >= 11 is 1.17. The average Bonchev–Trinajstić information content (AvgIpc) is 3.80. The first-order chi connectivity index (χ1) is 17.6. The normalized spacial score (nSPS) is 16.8. The number of amides is 1. The molecule has 2 heterocycles. The maximum atomic E-state index is 13.2. The van der Waals surface area contributed by atoms with Gasteiger partial charge in [0.05, 0.1) is 35.0 Å². The number of ether oxygens (including phenoxy) is 1. The van der Waals surface area contributed by atoms with Crippen LogP contribution in [0.3, 0.4) is 0 Å². The summed E-state index contributed by atoms with van der Waals surface area (Å²) in [5.41, 5.74) is 0.361. The third-order valence-corrected chi connectivity index (χ3v) is 7.24. The smallest absolute Gasteiger partial charge is 0.406 e. The number of rotatable bonds is 7. The van der Waals surface area contributed by atoms with E-state index in [1.54, 1.807) is 13.1 Å². The molecule has 2 fully saturated rings. The van der Waals surface area contributed by atoms with Crippen LogP contribution in [0.1, 0.15) is 76.9 Å². The number of hydrogen-bond donors (Lipinski definition) is 1. The molecule has 2 aliphatic rings. The van der Waals surface area contributed by atoms with E-state index in [4.69, 9.17) is 0 Å². The minimum absolute atomic E-state index is 0.0656. The predicted molar refractivity (Wildman–Crippen MR) is 125 cm³/mol. The van der Waals surface area contributed by atoms with Crippen molar-refractivity contribution in [3.05, 3.63) is 58.1 Å². The number of halogens is 3. The molecule has 1 atom stereocenters. The lowest BCUT2D eigenvalue weighted by atomic mass is 9.95. The molecule has 8 nitrogen and oxygen atoms in total. The zero-order chi connectivity index (χ0) is 26.4. The molecule has 2 aromatic heterocycles. The van der Waals surface area contributed by atoms with Crippen molar-refractivity contribution in [3.8, 4) is 28.5 Å². The topological polar surface area (TPSA) is 125 Å². The first-order valence-corrected chi connectivity index (χ1v) is 12.3. The monoisotopic (exact) mass is 524 g/mol. The summed E-state index contributed by atoms with van der Waals surface area (Å²) in [5, 5.41) is 22.0. The maximum absolute atomic E-state index is 13.2. The summed E-state index contributed by atoms with van der Waals surface area (Å²) in [6, 6.07) is 7.09. The minimum Gasteiger partial charge on any atom is -0.406 e. The largest absolute Gasteiger partial charge is 0.573 e. The fourth-order valence-electron chi connectivity index (χ4n) is 4.03. The molecule has 37 heavy (non-hydrogen) atoms. The molecule has 1 aromatic carbocycles. The first-order valence-electron chi connectivity index (χ1n) is 11.5. The molecule has 0 saturated heterocycles. The highest BCUT2D eigenvalue weighted by Crippen LogP contribution is 2.49. The molecule has 0 radical (unpaired) electrons. The van der Waals surface area contributed by atoms with Gasteiger partial charge in [0.2, 0.25) is 0 Å².